The van der Waals surface area contributed by atoms with Gasteiger partial charge in [-0.25, -0.2) is 8.42 Å². The quantitative estimate of drug-likeness (QED) is 0.620. The van der Waals surface area contributed by atoms with Gasteiger partial charge in [-0.3, -0.25) is 4.99 Å². The summed E-state index contributed by atoms with van der Waals surface area (Å²) < 4.78 is 28.5. The van der Waals surface area contributed by atoms with Gasteiger partial charge in [0.2, 0.25) is 0 Å². The molecule has 1 heterocycles. The van der Waals surface area contributed by atoms with Crippen molar-refractivity contribution in [3.63, 3.8) is 0 Å². The van der Waals surface area contributed by atoms with E-state index in [1.165, 1.54) is 0 Å². The number of guanidine groups is 1. The molecule has 0 radical (unpaired) electrons. The molecule has 0 saturated carbocycles. The van der Waals surface area contributed by atoms with E-state index in [0.717, 1.165) is 30.2 Å². The average molecular weight is 353 g/mol. The number of aliphatic imine (C=N–C) groups is 1. The highest BCUT2D eigenvalue weighted by Crippen LogP contribution is 2.17. The minimum Gasteiger partial charge on any atom is -0.494 e. The van der Waals surface area contributed by atoms with E-state index in [2.05, 4.69) is 10.3 Å². The molecule has 1 fully saturated rings. The van der Waals surface area contributed by atoms with Gasteiger partial charge < -0.3 is 15.0 Å². The Morgan fingerprint density at radius 2 is 2.08 bits per heavy atom. The number of hydrogen-bond acceptors (Lipinski definition) is 4. The van der Waals surface area contributed by atoms with E-state index in [0.29, 0.717) is 18.9 Å². The molecule has 134 valence electrons. The summed E-state index contributed by atoms with van der Waals surface area (Å²) in [5, 5.41) is 3.29. The highest BCUT2D eigenvalue weighted by Gasteiger charge is 2.27. The molecule has 0 aromatic heterocycles. The molecule has 0 spiro atoms. The third kappa shape index (κ3) is 5.40. The fourth-order valence-corrected chi connectivity index (χ4v) is 4.72. The van der Waals surface area contributed by atoms with Gasteiger partial charge in [0, 0.05) is 27.2 Å². The van der Waals surface area contributed by atoms with Gasteiger partial charge in [-0.2, -0.15) is 0 Å². The van der Waals surface area contributed by atoms with E-state index in [4.69, 9.17) is 4.74 Å². The van der Waals surface area contributed by atoms with Gasteiger partial charge >= 0.3 is 0 Å². The van der Waals surface area contributed by atoms with E-state index >= 15 is 0 Å². The molecular formula is C17H27N3O3S. The number of hydrogen-bond donors (Lipinski definition) is 1. The van der Waals surface area contributed by atoms with Gasteiger partial charge in [0.15, 0.2) is 15.8 Å². The van der Waals surface area contributed by atoms with Gasteiger partial charge in [0.1, 0.15) is 5.75 Å². The minimum absolute atomic E-state index is 0.172. The summed E-state index contributed by atoms with van der Waals surface area (Å²) in [4.78, 5) is 6.31. The maximum absolute atomic E-state index is 11.5. The second kappa shape index (κ2) is 8.37. The van der Waals surface area contributed by atoms with Gasteiger partial charge in [-0.1, -0.05) is 12.1 Å². The lowest BCUT2D eigenvalue weighted by atomic mass is 10.1. The van der Waals surface area contributed by atoms with Gasteiger partial charge in [-0.05, 0) is 37.0 Å². The molecule has 1 aliphatic heterocycles. The van der Waals surface area contributed by atoms with Crippen LogP contribution in [0.2, 0.25) is 0 Å². The van der Waals surface area contributed by atoms with Crippen LogP contribution in [0.15, 0.2) is 29.3 Å². The highest BCUT2D eigenvalue weighted by atomic mass is 32.2. The van der Waals surface area contributed by atoms with E-state index in [9.17, 15) is 8.42 Å². The average Bonchev–Trinajstić information content (AvgIpc) is 2.89. The van der Waals surface area contributed by atoms with Crippen molar-refractivity contribution in [1.82, 2.24) is 10.2 Å². The molecule has 7 heteroatoms. The zero-order valence-corrected chi connectivity index (χ0v) is 15.5. The van der Waals surface area contributed by atoms with Crippen LogP contribution in [0, 0.1) is 5.92 Å². The molecule has 1 aliphatic rings. The lowest BCUT2D eigenvalue weighted by Crippen LogP contribution is -2.40. The molecule has 24 heavy (non-hydrogen) atoms. The molecule has 1 unspecified atom stereocenters. The first-order valence-electron chi connectivity index (χ1n) is 8.27. The molecule has 0 bridgehead atoms. The zero-order chi connectivity index (χ0) is 17.6. The Bertz CT molecular complexity index is 656. The fourth-order valence-electron chi connectivity index (χ4n) is 2.86. The van der Waals surface area contributed by atoms with Gasteiger partial charge in [-0.15, -0.1) is 0 Å². The van der Waals surface area contributed by atoms with Crippen molar-refractivity contribution in [2.45, 2.75) is 19.9 Å². The number of benzene rings is 1. The third-order valence-electron chi connectivity index (χ3n) is 4.10. The van der Waals surface area contributed by atoms with Crippen molar-refractivity contribution in [2.24, 2.45) is 10.9 Å². The van der Waals surface area contributed by atoms with E-state index in [1.54, 1.807) is 7.05 Å². The molecule has 2 rings (SSSR count). The minimum atomic E-state index is -2.83. The summed E-state index contributed by atoms with van der Waals surface area (Å²) in [6.07, 6.45) is 0.731. The standard InChI is InChI=1S/C17H27N3O3S/c1-4-23-16-7-5-14(6-8-16)12-20(3)17(18-2)19-11-15-9-10-24(21,22)13-15/h5-8,15H,4,9-13H2,1-3H3,(H,18,19). The van der Waals surface area contributed by atoms with Crippen molar-refractivity contribution >= 4 is 15.8 Å². The monoisotopic (exact) mass is 353 g/mol. The second-order valence-corrected chi connectivity index (χ2v) is 8.36. The first-order valence-corrected chi connectivity index (χ1v) is 10.1. The summed E-state index contributed by atoms with van der Waals surface area (Å²) in [5.74, 6) is 2.40. The number of rotatable bonds is 6. The van der Waals surface area contributed by atoms with Crippen LogP contribution in [0.4, 0.5) is 0 Å². The van der Waals surface area contributed by atoms with E-state index in [-0.39, 0.29) is 11.7 Å². The highest BCUT2D eigenvalue weighted by molar-refractivity contribution is 7.91. The largest absolute Gasteiger partial charge is 0.494 e. The number of nitrogens with one attached hydrogen (secondary N) is 1. The smallest absolute Gasteiger partial charge is 0.193 e. The van der Waals surface area contributed by atoms with Crippen molar-refractivity contribution in [1.29, 1.82) is 0 Å². The third-order valence-corrected chi connectivity index (χ3v) is 5.94. The Labute approximate surface area is 144 Å². The Hall–Kier alpha value is -1.76. The van der Waals surface area contributed by atoms with Crippen LogP contribution in [0.25, 0.3) is 0 Å². The van der Waals surface area contributed by atoms with Crippen LogP contribution < -0.4 is 10.1 Å². The van der Waals surface area contributed by atoms with E-state index < -0.39 is 9.84 Å². The summed E-state index contributed by atoms with van der Waals surface area (Å²) in [6, 6.07) is 8.01. The van der Waals surface area contributed by atoms with Crippen LogP contribution in [-0.4, -0.2) is 58.0 Å². The Kier molecular flexibility index (Phi) is 6.48. The lowest BCUT2D eigenvalue weighted by Gasteiger charge is -2.23. The Balaban J connectivity index is 1.86. The predicted octanol–water partition coefficient (Wildman–Crippen LogP) is 1.53. The predicted molar refractivity (Wildman–Crippen MR) is 97.2 cm³/mol. The molecule has 1 atom stereocenters. The first kappa shape index (κ1) is 18.6. The molecule has 1 aromatic rings. The SMILES string of the molecule is CCOc1ccc(CN(C)C(=NC)NCC2CCS(=O)(=O)C2)cc1. The number of ether oxygens (including phenoxy) is 1. The van der Waals surface area contributed by atoms with Gasteiger partial charge in [0.05, 0.1) is 18.1 Å². The van der Waals surface area contributed by atoms with Crippen molar-refractivity contribution in [3.05, 3.63) is 29.8 Å². The van der Waals surface area contributed by atoms with E-state index in [1.807, 2.05) is 43.1 Å². The Morgan fingerprint density at radius 1 is 1.38 bits per heavy atom. The van der Waals surface area contributed by atoms with Crippen molar-refractivity contribution in [2.75, 3.05) is 38.8 Å². The summed E-state index contributed by atoms with van der Waals surface area (Å²) >= 11 is 0. The molecule has 0 aliphatic carbocycles. The van der Waals surface area contributed by atoms with Crippen molar-refractivity contribution < 1.29 is 13.2 Å². The molecule has 6 nitrogen and oxygen atoms in total. The topological polar surface area (TPSA) is 71.0 Å². The summed E-state index contributed by atoms with van der Waals surface area (Å²) in [7, 11) is 0.875. The second-order valence-electron chi connectivity index (χ2n) is 6.13. The summed E-state index contributed by atoms with van der Waals surface area (Å²) in [6.45, 7) is 3.98. The zero-order valence-electron chi connectivity index (χ0n) is 14.7. The maximum atomic E-state index is 11.5. The molecule has 1 N–H and O–H groups in total. The molecule has 1 saturated heterocycles. The number of sulfone groups is 1. The first-order chi connectivity index (χ1) is 11.4. The van der Waals surface area contributed by atoms with Crippen LogP contribution in [0.3, 0.4) is 0 Å². The molecular weight excluding hydrogens is 326 g/mol. The Morgan fingerprint density at radius 3 is 2.62 bits per heavy atom. The van der Waals surface area contributed by atoms with Crippen molar-refractivity contribution in [3.8, 4) is 5.75 Å². The van der Waals surface area contributed by atoms with Crippen LogP contribution >= 0.6 is 0 Å². The summed E-state index contributed by atoms with van der Waals surface area (Å²) in [5.41, 5.74) is 1.16. The van der Waals surface area contributed by atoms with Crippen LogP contribution in [0.1, 0.15) is 18.9 Å². The van der Waals surface area contributed by atoms with Gasteiger partial charge in [0.25, 0.3) is 0 Å². The lowest BCUT2D eigenvalue weighted by molar-refractivity contribution is 0.340. The molecule has 1 aromatic carbocycles. The number of nitrogens with zero attached hydrogens (tertiary/aromatic N) is 2. The normalized spacial score (nSPS) is 20.0. The molecule has 0 amide bonds. The maximum Gasteiger partial charge on any atom is 0.193 e. The van der Waals surface area contributed by atoms with Crippen LogP contribution in [-0.2, 0) is 16.4 Å². The van der Waals surface area contributed by atoms with Crippen LogP contribution in [0.5, 0.6) is 5.75 Å². The fraction of sp³-hybridized carbons (Fsp3) is 0.588.